The van der Waals surface area contributed by atoms with Gasteiger partial charge in [-0.3, -0.25) is 9.88 Å². The number of nitrogens with zero attached hydrogens (tertiary/aromatic N) is 5. The van der Waals surface area contributed by atoms with Gasteiger partial charge in [0.15, 0.2) is 0 Å². The third-order valence-electron chi connectivity index (χ3n) is 7.22. The van der Waals surface area contributed by atoms with E-state index in [2.05, 4.69) is 50.1 Å². The summed E-state index contributed by atoms with van der Waals surface area (Å²) < 4.78 is 6.37. The van der Waals surface area contributed by atoms with Crippen molar-refractivity contribution in [2.24, 2.45) is 0 Å². The van der Waals surface area contributed by atoms with E-state index >= 15 is 0 Å². The lowest BCUT2D eigenvalue weighted by atomic mass is 10.0. The minimum atomic E-state index is 0.175. The predicted molar refractivity (Wildman–Crippen MR) is 127 cm³/mol. The molecule has 0 spiro atoms. The first kappa shape index (κ1) is 21.6. The first-order valence-electron chi connectivity index (χ1n) is 12.1. The Kier molecular flexibility index (Phi) is 6.56. The number of rotatable bonds is 4. The molecule has 3 aliphatic rings. The monoisotopic (exact) mass is 434 g/mol. The molecule has 170 valence electrons. The van der Waals surface area contributed by atoms with E-state index in [-0.39, 0.29) is 12.2 Å². The van der Waals surface area contributed by atoms with E-state index in [0.29, 0.717) is 5.56 Å². The molecule has 5 rings (SSSR count). The van der Waals surface area contributed by atoms with Crippen molar-refractivity contribution >= 4 is 16.6 Å². The van der Waals surface area contributed by atoms with Gasteiger partial charge in [0.25, 0.3) is 0 Å². The maximum Gasteiger partial charge on any atom is 0.101 e. The summed E-state index contributed by atoms with van der Waals surface area (Å²) in [6.45, 7) is 11.8. The van der Waals surface area contributed by atoms with Crippen LogP contribution in [0, 0.1) is 11.3 Å². The van der Waals surface area contributed by atoms with Crippen molar-refractivity contribution in [1.29, 1.82) is 5.26 Å². The fourth-order valence-electron chi connectivity index (χ4n) is 5.67. The molecule has 1 aromatic heterocycles. The van der Waals surface area contributed by atoms with Crippen LogP contribution in [0.4, 0.5) is 5.69 Å². The first-order chi connectivity index (χ1) is 15.7. The van der Waals surface area contributed by atoms with Gasteiger partial charge in [-0.2, -0.15) is 5.26 Å². The second-order valence-electron chi connectivity index (χ2n) is 9.44. The Morgan fingerprint density at radius 3 is 2.72 bits per heavy atom. The molecule has 1 N–H and O–H groups in total. The minimum Gasteiger partial charge on any atom is -0.370 e. The summed E-state index contributed by atoms with van der Waals surface area (Å²) in [4.78, 5) is 12.2. The number of nitriles is 1. The Bertz CT molecular complexity index is 961. The summed E-state index contributed by atoms with van der Waals surface area (Å²) in [5.41, 5.74) is 2.58. The van der Waals surface area contributed by atoms with E-state index < -0.39 is 0 Å². The van der Waals surface area contributed by atoms with Crippen molar-refractivity contribution in [2.75, 3.05) is 63.8 Å². The van der Waals surface area contributed by atoms with Crippen LogP contribution in [0.3, 0.4) is 0 Å². The number of fused-ring (bicyclic) bond motifs is 1. The van der Waals surface area contributed by atoms with Gasteiger partial charge in [-0.1, -0.05) is 0 Å². The van der Waals surface area contributed by atoms with E-state index in [1.54, 1.807) is 6.20 Å². The van der Waals surface area contributed by atoms with Crippen LogP contribution in [0.5, 0.6) is 0 Å². The van der Waals surface area contributed by atoms with Gasteiger partial charge in [-0.15, -0.1) is 0 Å². The van der Waals surface area contributed by atoms with Gasteiger partial charge in [-0.25, -0.2) is 0 Å². The van der Waals surface area contributed by atoms with Crippen LogP contribution in [-0.2, 0) is 4.74 Å². The fourth-order valence-corrected chi connectivity index (χ4v) is 5.67. The molecule has 2 atom stereocenters. The molecule has 0 amide bonds. The minimum absolute atomic E-state index is 0.175. The number of benzene rings is 1. The molecule has 2 aromatic rings. The van der Waals surface area contributed by atoms with Crippen LogP contribution in [0.2, 0.25) is 0 Å². The molecule has 4 heterocycles. The summed E-state index contributed by atoms with van der Waals surface area (Å²) in [6, 6.07) is 11.0. The summed E-state index contributed by atoms with van der Waals surface area (Å²) in [5, 5.41) is 14.0. The number of hydrogen-bond donors (Lipinski definition) is 1. The third-order valence-corrected chi connectivity index (χ3v) is 7.22. The second-order valence-corrected chi connectivity index (χ2v) is 9.44. The van der Waals surface area contributed by atoms with E-state index in [1.165, 1.54) is 25.9 Å². The highest BCUT2D eigenvalue weighted by Gasteiger charge is 2.31. The van der Waals surface area contributed by atoms with Crippen molar-refractivity contribution in [3.8, 4) is 6.07 Å². The van der Waals surface area contributed by atoms with Crippen molar-refractivity contribution < 1.29 is 4.74 Å². The summed E-state index contributed by atoms with van der Waals surface area (Å²) in [6.07, 6.45) is 4.66. The van der Waals surface area contributed by atoms with Gasteiger partial charge in [0.05, 0.1) is 23.3 Å². The first-order valence-corrected chi connectivity index (χ1v) is 12.1. The van der Waals surface area contributed by atoms with Gasteiger partial charge in [0, 0.05) is 69.1 Å². The quantitative estimate of drug-likeness (QED) is 0.790. The van der Waals surface area contributed by atoms with E-state index in [0.717, 1.165) is 68.4 Å². The highest BCUT2D eigenvalue weighted by molar-refractivity contribution is 5.95. The predicted octanol–water partition coefficient (Wildman–Crippen LogP) is 2.07. The van der Waals surface area contributed by atoms with Crippen LogP contribution < -0.4 is 10.2 Å². The van der Waals surface area contributed by atoms with Gasteiger partial charge in [0.2, 0.25) is 0 Å². The summed E-state index contributed by atoms with van der Waals surface area (Å²) >= 11 is 0. The topological polar surface area (TPSA) is 67.7 Å². The highest BCUT2D eigenvalue weighted by atomic mass is 16.5. The molecule has 32 heavy (non-hydrogen) atoms. The smallest absolute Gasteiger partial charge is 0.101 e. The lowest BCUT2D eigenvalue weighted by Crippen LogP contribution is -2.54. The molecule has 3 aliphatic heterocycles. The normalized spacial score (nSPS) is 26.3. The van der Waals surface area contributed by atoms with Crippen LogP contribution in [-0.4, -0.2) is 91.9 Å². The molecule has 3 fully saturated rings. The standard InChI is InChI=1S/C25H34N6O/c1-19-16-31(24-5-4-20(15-26)25-23(24)3-2-8-28-25)18-22(32-19)17-29-11-6-21(7-12-29)30-13-9-27-10-14-30/h2-5,8,19,21-22,27H,6-7,9-14,16-18H2,1H3/t19-,22-/m1/s1. The number of aromatic nitrogens is 1. The lowest BCUT2D eigenvalue weighted by molar-refractivity contribution is -0.0378. The van der Waals surface area contributed by atoms with Crippen LogP contribution in [0.1, 0.15) is 25.3 Å². The molecule has 1 aromatic carbocycles. The summed E-state index contributed by atoms with van der Waals surface area (Å²) in [5.74, 6) is 0. The zero-order valence-electron chi connectivity index (χ0n) is 19.0. The van der Waals surface area contributed by atoms with Crippen LogP contribution >= 0.6 is 0 Å². The van der Waals surface area contributed by atoms with Crippen molar-refractivity contribution in [1.82, 2.24) is 20.1 Å². The largest absolute Gasteiger partial charge is 0.370 e. The Hall–Kier alpha value is -2.24. The van der Waals surface area contributed by atoms with Crippen molar-refractivity contribution in [3.63, 3.8) is 0 Å². The van der Waals surface area contributed by atoms with Gasteiger partial charge in [0.1, 0.15) is 6.07 Å². The molecule has 0 radical (unpaired) electrons. The molecule has 7 nitrogen and oxygen atoms in total. The van der Waals surface area contributed by atoms with E-state index in [9.17, 15) is 5.26 Å². The number of nitrogens with one attached hydrogen (secondary N) is 1. The molecule has 0 saturated carbocycles. The Morgan fingerprint density at radius 1 is 1.12 bits per heavy atom. The second kappa shape index (κ2) is 9.72. The number of piperidine rings is 1. The molecule has 0 bridgehead atoms. The van der Waals surface area contributed by atoms with E-state index in [4.69, 9.17) is 4.74 Å². The van der Waals surface area contributed by atoms with Crippen LogP contribution in [0.25, 0.3) is 10.9 Å². The Labute approximate surface area is 190 Å². The fraction of sp³-hybridized carbons (Fsp3) is 0.600. The maximum atomic E-state index is 9.47. The van der Waals surface area contributed by atoms with Crippen molar-refractivity contribution in [3.05, 3.63) is 36.0 Å². The number of ether oxygens (including phenoxy) is 1. The molecular weight excluding hydrogens is 400 g/mol. The Morgan fingerprint density at radius 2 is 1.94 bits per heavy atom. The van der Waals surface area contributed by atoms with Crippen molar-refractivity contribution in [2.45, 2.75) is 38.0 Å². The average Bonchev–Trinajstić information content (AvgIpc) is 2.84. The van der Waals surface area contributed by atoms with E-state index in [1.807, 2.05) is 12.1 Å². The van der Waals surface area contributed by atoms with Crippen LogP contribution in [0.15, 0.2) is 30.5 Å². The average molecular weight is 435 g/mol. The number of anilines is 1. The number of morpholine rings is 1. The lowest BCUT2D eigenvalue weighted by Gasteiger charge is -2.43. The van der Waals surface area contributed by atoms with Gasteiger partial charge >= 0.3 is 0 Å². The number of hydrogen-bond acceptors (Lipinski definition) is 7. The zero-order chi connectivity index (χ0) is 21.9. The molecule has 0 aliphatic carbocycles. The highest BCUT2D eigenvalue weighted by Crippen LogP contribution is 2.30. The summed E-state index contributed by atoms with van der Waals surface area (Å²) in [7, 11) is 0. The number of piperazine rings is 1. The SMILES string of the molecule is C[C@@H]1CN(c2ccc(C#N)c3ncccc23)C[C@@H](CN2CCC(N3CCNCC3)CC2)O1. The van der Waals surface area contributed by atoms with Gasteiger partial charge < -0.3 is 19.9 Å². The third kappa shape index (κ3) is 4.60. The molecular formula is C25H34N6O. The molecule has 7 heteroatoms. The number of likely N-dealkylation sites (tertiary alicyclic amines) is 1. The maximum absolute atomic E-state index is 9.47. The zero-order valence-corrected chi connectivity index (χ0v) is 19.0. The number of pyridine rings is 1. The molecule has 0 unspecified atom stereocenters. The van der Waals surface area contributed by atoms with Gasteiger partial charge in [-0.05, 0) is 57.1 Å². The Balaban J connectivity index is 1.24. The molecule has 3 saturated heterocycles.